The van der Waals surface area contributed by atoms with E-state index in [4.69, 9.17) is 5.73 Å². The lowest BCUT2D eigenvalue weighted by Crippen LogP contribution is -2.38. The number of nitrogens with zero attached hydrogens (tertiary/aromatic N) is 5. The third-order valence-corrected chi connectivity index (χ3v) is 6.57. The molecule has 3 unspecified atom stereocenters. The highest BCUT2D eigenvalue weighted by Crippen LogP contribution is 2.36. The molecule has 3 atom stereocenters. The molecule has 3 rings (SSSR count). The summed E-state index contributed by atoms with van der Waals surface area (Å²) in [4.78, 5) is 11.5. The number of nitro groups is 1. The predicted octanol–water partition coefficient (Wildman–Crippen LogP) is 4.20. The van der Waals surface area contributed by atoms with E-state index in [1.54, 1.807) is 18.2 Å². The monoisotopic (exact) mass is 457 g/mol. The zero-order valence-electron chi connectivity index (χ0n) is 20.6. The van der Waals surface area contributed by atoms with Gasteiger partial charge in [0.25, 0.3) is 5.69 Å². The van der Waals surface area contributed by atoms with Crippen molar-refractivity contribution in [1.29, 1.82) is 0 Å². The SMILES string of the molecule is CC(C)(C)CC(C)(C)n1nnnc1C(NCC1CCCC(CN)C1)c1ccccc1[N+](=O)[O-]. The number of nitrogens with one attached hydrogen (secondary N) is 1. The number of rotatable bonds is 9. The van der Waals surface area contributed by atoms with Crippen molar-refractivity contribution in [1.82, 2.24) is 25.5 Å². The molecule has 1 heterocycles. The molecule has 0 saturated heterocycles. The van der Waals surface area contributed by atoms with Gasteiger partial charge in [0.2, 0.25) is 0 Å². The Morgan fingerprint density at radius 1 is 1.21 bits per heavy atom. The van der Waals surface area contributed by atoms with E-state index >= 15 is 0 Å². The molecule has 0 spiro atoms. The second-order valence-electron chi connectivity index (χ2n) is 11.3. The van der Waals surface area contributed by atoms with Gasteiger partial charge in [0.05, 0.1) is 16.0 Å². The van der Waals surface area contributed by atoms with Gasteiger partial charge in [0, 0.05) is 6.07 Å². The van der Waals surface area contributed by atoms with Crippen LogP contribution in [0.3, 0.4) is 0 Å². The van der Waals surface area contributed by atoms with Crippen molar-refractivity contribution >= 4 is 5.69 Å². The van der Waals surface area contributed by atoms with Gasteiger partial charge >= 0.3 is 0 Å². The topological polar surface area (TPSA) is 125 Å². The maximum absolute atomic E-state index is 11.9. The van der Waals surface area contributed by atoms with Crippen LogP contribution in [0.25, 0.3) is 0 Å². The fourth-order valence-electron chi connectivity index (χ4n) is 5.50. The van der Waals surface area contributed by atoms with Gasteiger partial charge in [-0.2, -0.15) is 0 Å². The van der Waals surface area contributed by atoms with E-state index in [-0.39, 0.29) is 21.6 Å². The first-order valence-electron chi connectivity index (χ1n) is 12.0. The molecule has 182 valence electrons. The molecule has 1 aliphatic rings. The molecule has 0 radical (unpaired) electrons. The van der Waals surface area contributed by atoms with E-state index in [1.807, 2.05) is 10.7 Å². The van der Waals surface area contributed by atoms with Crippen molar-refractivity contribution in [3.05, 3.63) is 45.8 Å². The lowest BCUT2D eigenvalue weighted by molar-refractivity contribution is -0.385. The van der Waals surface area contributed by atoms with Crippen molar-refractivity contribution in [3.63, 3.8) is 0 Å². The van der Waals surface area contributed by atoms with Crippen molar-refractivity contribution in [2.45, 2.75) is 78.3 Å². The van der Waals surface area contributed by atoms with Crippen molar-refractivity contribution in [2.24, 2.45) is 23.0 Å². The first kappa shape index (κ1) is 25.2. The Kier molecular flexibility index (Phi) is 7.84. The smallest absolute Gasteiger partial charge is 0.274 e. The third kappa shape index (κ3) is 6.35. The van der Waals surface area contributed by atoms with E-state index in [0.29, 0.717) is 29.8 Å². The molecule has 1 aromatic carbocycles. The van der Waals surface area contributed by atoms with Gasteiger partial charge in [-0.25, -0.2) is 4.68 Å². The summed E-state index contributed by atoms with van der Waals surface area (Å²) in [6.07, 6.45) is 5.41. The van der Waals surface area contributed by atoms with Crippen LogP contribution in [-0.4, -0.2) is 38.2 Å². The largest absolute Gasteiger partial charge is 0.330 e. The first-order valence-corrected chi connectivity index (χ1v) is 12.0. The van der Waals surface area contributed by atoms with Gasteiger partial charge in [-0.05, 0) is 80.3 Å². The maximum Gasteiger partial charge on any atom is 0.274 e. The Bertz CT molecular complexity index is 935. The Labute approximate surface area is 196 Å². The summed E-state index contributed by atoms with van der Waals surface area (Å²) in [5, 5.41) is 28.2. The summed E-state index contributed by atoms with van der Waals surface area (Å²) >= 11 is 0. The summed E-state index contributed by atoms with van der Waals surface area (Å²) in [5.74, 6) is 1.63. The second-order valence-corrected chi connectivity index (χ2v) is 11.3. The summed E-state index contributed by atoms with van der Waals surface area (Å²) in [5.41, 5.74) is 6.28. The molecule has 1 aliphatic carbocycles. The molecule has 9 heteroatoms. The second kappa shape index (κ2) is 10.3. The van der Waals surface area contributed by atoms with Gasteiger partial charge < -0.3 is 11.1 Å². The van der Waals surface area contributed by atoms with Gasteiger partial charge in [0.15, 0.2) is 5.82 Å². The van der Waals surface area contributed by atoms with Gasteiger partial charge in [-0.1, -0.05) is 45.4 Å². The molecule has 0 aliphatic heterocycles. The number of benzene rings is 1. The molecular weight excluding hydrogens is 418 g/mol. The summed E-state index contributed by atoms with van der Waals surface area (Å²) in [6.45, 7) is 12.2. The summed E-state index contributed by atoms with van der Waals surface area (Å²) in [6, 6.07) is 6.38. The van der Waals surface area contributed by atoms with Crippen LogP contribution in [0.15, 0.2) is 24.3 Å². The van der Waals surface area contributed by atoms with Crippen LogP contribution in [0.1, 0.15) is 84.2 Å². The quantitative estimate of drug-likeness (QED) is 0.427. The van der Waals surface area contributed by atoms with E-state index in [2.05, 4.69) is 55.5 Å². The van der Waals surface area contributed by atoms with Crippen LogP contribution < -0.4 is 11.1 Å². The number of nitro benzene ring substituents is 1. The minimum absolute atomic E-state index is 0.0632. The Morgan fingerprint density at radius 2 is 1.91 bits per heavy atom. The fourth-order valence-corrected chi connectivity index (χ4v) is 5.50. The average molecular weight is 458 g/mol. The standard InChI is InChI=1S/C24H39N7O2/c1-23(2,3)16-24(4,5)30-22(27-28-29-30)21(19-11-6-7-12-20(19)31(32)33)26-15-18-10-8-9-17(13-18)14-25/h6-7,11-12,17-18,21,26H,8-10,13-16,25H2,1-5H3. The molecule has 3 N–H and O–H groups in total. The highest BCUT2D eigenvalue weighted by Gasteiger charge is 2.35. The maximum atomic E-state index is 11.9. The van der Waals surface area contributed by atoms with Crippen LogP contribution in [0.4, 0.5) is 5.69 Å². The highest BCUT2D eigenvalue weighted by molar-refractivity contribution is 5.44. The summed E-state index contributed by atoms with van der Waals surface area (Å²) < 4.78 is 1.84. The minimum Gasteiger partial charge on any atom is -0.330 e. The molecule has 9 nitrogen and oxygen atoms in total. The third-order valence-electron chi connectivity index (χ3n) is 6.57. The van der Waals surface area contributed by atoms with Gasteiger partial charge in [-0.15, -0.1) is 5.10 Å². The Morgan fingerprint density at radius 3 is 2.58 bits per heavy atom. The molecule has 2 aromatic rings. The predicted molar refractivity (Wildman–Crippen MR) is 129 cm³/mol. The molecule has 1 fully saturated rings. The van der Waals surface area contributed by atoms with Crippen LogP contribution in [0.5, 0.6) is 0 Å². The van der Waals surface area contributed by atoms with Crippen LogP contribution in [0.2, 0.25) is 0 Å². The van der Waals surface area contributed by atoms with Crippen molar-refractivity contribution in [3.8, 4) is 0 Å². The molecule has 33 heavy (non-hydrogen) atoms. The van der Waals surface area contributed by atoms with Crippen molar-refractivity contribution in [2.75, 3.05) is 13.1 Å². The van der Waals surface area contributed by atoms with E-state index in [9.17, 15) is 10.1 Å². The van der Waals surface area contributed by atoms with E-state index in [1.165, 1.54) is 12.8 Å². The lowest BCUT2D eigenvalue weighted by Gasteiger charge is -2.34. The van der Waals surface area contributed by atoms with Gasteiger partial charge in [-0.3, -0.25) is 10.1 Å². The zero-order valence-corrected chi connectivity index (χ0v) is 20.6. The number of nitrogens with two attached hydrogens (primary N) is 1. The van der Waals surface area contributed by atoms with Crippen LogP contribution >= 0.6 is 0 Å². The Balaban J connectivity index is 1.97. The van der Waals surface area contributed by atoms with E-state index < -0.39 is 6.04 Å². The number of hydrogen-bond donors (Lipinski definition) is 2. The minimum atomic E-state index is -0.487. The number of hydrogen-bond acceptors (Lipinski definition) is 7. The normalized spacial score (nSPS) is 20.5. The molecule has 1 saturated carbocycles. The fraction of sp³-hybridized carbons (Fsp3) is 0.708. The lowest BCUT2D eigenvalue weighted by atomic mass is 9.81. The van der Waals surface area contributed by atoms with Gasteiger partial charge in [0.1, 0.15) is 6.04 Å². The number of aromatic nitrogens is 4. The average Bonchev–Trinajstić information content (AvgIpc) is 3.23. The van der Waals surface area contributed by atoms with E-state index in [0.717, 1.165) is 25.8 Å². The number of para-hydroxylation sites is 1. The summed E-state index contributed by atoms with van der Waals surface area (Å²) in [7, 11) is 0. The molecule has 1 aromatic heterocycles. The molecule has 0 amide bonds. The molecule has 0 bridgehead atoms. The Hall–Kier alpha value is -2.39. The number of tetrazole rings is 1. The van der Waals surface area contributed by atoms with Crippen LogP contribution in [0, 0.1) is 27.4 Å². The zero-order chi connectivity index (χ0) is 24.2. The molecular formula is C24H39N7O2. The van der Waals surface area contributed by atoms with Crippen LogP contribution in [-0.2, 0) is 5.54 Å². The van der Waals surface area contributed by atoms with Crippen molar-refractivity contribution < 1.29 is 4.92 Å². The highest BCUT2D eigenvalue weighted by atomic mass is 16.6. The first-order chi connectivity index (χ1) is 15.5.